The van der Waals surface area contributed by atoms with Gasteiger partial charge in [0.1, 0.15) is 12.5 Å². The minimum absolute atomic E-state index is 0.131. The van der Waals surface area contributed by atoms with Crippen molar-refractivity contribution >= 4 is 5.97 Å². The van der Waals surface area contributed by atoms with E-state index in [2.05, 4.69) is 14.4 Å². The lowest BCUT2D eigenvalue weighted by molar-refractivity contribution is 0.0690. The first-order valence-corrected chi connectivity index (χ1v) is 3.35. The number of oxazole rings is 2. The van der Waals surface area contributed by atoms with Gasteiger partial charge in [0, 0.05) is 0 Å². The number of rotatable bonds is 2. The molecule has 0 aliphatic carbocycles. The minimum Gasteiger partial charge on any atom is -0.476 e. The summed E-state index contributed by atoms with van der Waals surface area (Å²) in [5.74, 6) is -1.01. The third-order valence-corrected chi connectivity index (χ3v) is 1.37. The van der Waals surface area contributed by atoms with Crippen LogP contribution in [0, 0.1) is 0 Å². The third kappa shape index (κ3) is 1.28. The van der Waals surface area contributed by atoms with Crippen molar-refractivity contribution in [3.8, 4) is 11.6 Å². The topological polar surface area (TPSA) is 89.4 Å². The third-order valence-electron chi connectivity index (χ3n) is 1.37. The SMILES string of the molecule is O=C(O)c1coc(-c2cocn2)n1. The lowest BCUT2D eigenvalue weighted by atomic mass is 10.5. The molecule has 2 rings (SSSR count). The fraction of sp³-hybridized carbons (Fsp3) is 0. The minimum atomic E-state index is -1.14. The van der Waals surface area contributed by atoms with Crippen LogP contribution >= 0.6 is 0 Å². The van der Waals surface area contributed by atoms with Crippen LogP contribution in [0.1, 0.15) is 10.5 Å². The van der Waals surface area contributed by atoms with E-state index in [9.17, 15) is 4.79 Å². The van der Waals surface area contributed by atoms with E-state index in [0.717, 1.165) is 6.26 Å². The fourth-order valence-electron chi connectivity index (χ4n) is 0.808. The number of aromatic nitrogens is 2. The van der Waals surface area contributed by atoms with Crippen LogP contribution in [0.2, 0.25) is 0 Å². The van der Waals surface area contributed by atoms with Crippen LogP contribution in [0.3, 0.4) is 0 Å². The molecule has 0 amide bonds. The number of hydrogen-bond donors (Lipinski definition) is 1. The quantitative estimate of drug-likeness (QED) is 0.742. The molecule has 2 aromatic rings. The van der Waals surface area contributed by atoms with Crippen LogP contribution in [-0.2, 0) is 0 Å². The van der Waals surface area contributed by atoms with Crippen LogP contribution in [0.25, 0.3) is 11.6 Å². The molecule has 6 heteroatoms. The summed E-state index contributed by atoms with van der Waals surface area (Å²) in [6, 6.07) is 0. The zero-order valence-electron chi connectivity index (χ0n) is 6.30. The maximum atomic E-state index is 10.4. The first-order valence-electron chi connectivity index (χ1n) is 3.35. The second-order valence-corrected chi connectivity index (χ2v) is 2.22. The molecule has 0 saturated carbocycles. The summed E-state index contributed by atoms with van der Waals surface area (Å²) in [6.07, 6.45) is 3.57. The summed E-state index contributed by atoms with van der Waals surface area (Å²) in [4.78, 5) is 17.8. The van der Waals surface area contributed by atoms with Gasteiger partial charge < -0.3 is 13.9 Å². The molecule has 2 aromatic heterocycles. The molecule has 1 N–H and O–H groups in total. The van der Waals surface area contributed by atoms with E-state index in [1.54, 1.807) is 0 Å². The van der Waals surface area contributed by atoms with Gasteiger partial charge in [-0.05, 0) is 0 Å². The van der Waals surface area contributed by atoms with Crippen LogP contribution in [0.15, 0.2) is 27.8 Å². The molecular formula is C7H4N2O4. The molecule has 0 aliphatic rings. The van der Waals surface area contributed by atoms with Crippen LogP contribution in [0.4, 0.5) is 0 Å². The van der Waals surface area contributed by atoms with E-state index < -0.39 is 5.97 Å². The van der Waals surface area contributed by atoms with E-state index in [4.69, 9.17) is 9.52 Å². The summed E-state index contributed by atoms with van der Waals surface area (Å²) in [5.41, 5.74) is 0.213. The number of aromatic carboxylic acids is 1. The van der Waals surface area contributed by atoms with Gasteiger partial charge in [-0.1, -0.05) is 0 Å². The summed E-state index contributed by atoms with van der Waals surface area (Å²) in [7, 11) is 0. The van der Waals surface area contributed by atoms with Gasteiger partial charge in [-0.15, -0.1) is 0 Å². The van der Waals surface area contributed by atoms with Crippen molar-refractivity contribution in [2.45, 2.75) is 0 Å². The lowest BCUT2D eigenvalue weighted by Gasteiger charge is -1.82. The molecule has 0 aromatic carbocycles. The van der Waals surface area contributed by atoms with Gasteiger partial charge >= 0.3 is 5.97 Å². The van der Waals surface area contributed by atoms with Crippen LogP contribution < -0.4 is 0 Å². The Morgan fingerprint density at radius 1 is 1.46 bits per heavy atom. The summed E-state index contributed by atoms with van der Waals surface area (Å²) in [5, 5.41) is 8.53. The Bertz CT molecular complexity index is 417. The molecule has 6 nitrogen and oxygen atoms in total. The Labute approximate surface area is 71.8 Å². The Kier molecular flexibility index (Phi) is 1.59. The Morgan fingerprint density at radius 3 is 2.85 bits per heavy atom. The van der Waals surface area contributed by atoms with Crippen molar-refractivity contribution < 1.29 is 18.7 Å². The first kappa shape index (κ1) is 7.53. The first-order chi connectivity index (χ1) is 6.27. The Balaban J connectivity index is 2.39. The van der Waals surface area contributed by atoms with Gasteiger partial charge in [0.05, 0.1) is 0 Å². The van der Waals surface area contributed by atoms with E-state index in [1.807, 2.05) is 0 Å². The molecule has 66 valence electrons. The van der Waals surface area contributed by atoms with E-state index in [0.29, 0.717) is 5.69 Å². The summed E-state index contributed by atoms with van der Waals surface area (Å²) in [6.45, 7) is 0. The largest absolute Gasteiger partial charge is 0.476 e. The predicted octanol–water partition coefficient (Wildman–Crippen LogP) is 1.03. The second kappa shape index (κ2) is 2.74. The molecule has 0 atom stereocenters. The number of carboxylic acids is 1. The average Bonchev–Trinajstić information content (AvgIpc) is 2.75. The molecule has 2 heterocycles. The highest BCUT2D eigenvalue weighted by atomic mass is 16.4. The lowest BCUT2D eigenvalue weighted by Crippen LogP contribution is -1.95. The molecule has 13 heavy (non-hydrogen) atoms. The van der Waals surface area contributed by atoms with Crippen molar-refractivity contribution in [3.63, 3.8) is 0 Å². The maximum absolute atomic E-state index is 10.4. The van der Waals surface area contributed by atoms with Gasteiger partial charge in [-0.2, -0.15) is 0 Å². The Hall–Kier alpha value is -2.11. The normalized spacial score (nSPS) is 10.2. The monoisotopic (exact) mass is 180 g/mol. The van der Waals surface area contributed by atoms with Gasteiger partial charge in [0.2, 0.25) is 5.89 Å². The standard InChI is InChI=1S/C7H4N2O4/c10-7(11)5-2-13-6(9-5)4-1-12-3-8-4/h1-3H,(H,10,11). The summed E-state index contributed by atoms with van der Waals surface area (Å²) < 4.78 is 9.54. The van der Waals surface area contributed by atoms with Gasteiger partial charge in [-0.3, -0.25) is 0 Å². The summed E-state index contributed by atoms with van der Waals surface area (Å²) >= 11 is 0. The van der Waals surface area contributed by atoms with Gasteiger partial charge in [-0.25, -0.2) is 14.8 Å². The van der Waals surface area contributed by atoms with Crippen molar-refractivity contribution in [1.29, 1.82) is 0 Å². The van der Waals surface area contributed by atoms with E-state index in [1.165, 1.54) is 12.7 Å². The molecule has 0 fully saturated rings. The number of nitrogens with zero attached hydrogens (tertiary/aromatic N) is 2. The number of carboxylic acid groups (broad SMARTS) is 1. The molecule has 0 bridgehead atoms. The van der Waals surface area contributed by atoms with Crippen molar-refractivity contribution in [2.75, 3.05) is 0 Å². The smallest absolute Gasteiger partial charge is 0.357 e. The average molecular weight is 180 g/mol. The zero-order valence-corrected chi connectivity index (χ0v) is 6.30. The second-order valence-electron chi connectivity index (χ2n) is 2.22. The molecule has 0 unspecified atom stereocenters. The molecular weight excluding hydrogens is 176 g/mol. The number of hydrogen-bond acceptors (Lipinski definition) is 5. The maximum Gasteiger partial charge on any atom is 0.357 e. The predicted molar refractivity (Wildman–Crippen MR) is 39.0 cm³/mol. The molecule has 0 radical (unpaired) electrons. The van der Waals surface area contributed by atoms with Gasteiger partial charge in [0.15, 0.2) is 17.8 Å². The highest BCUT2D eigenvalue weighted by Crippen LogP contribution is 2.15. The number of carbonyl (C=O) groups is 1. The highest BCUT2D eigenvalue weighted by Gasteiger charge is 2.13. The molecule has 0 saturated heterocycles. The van der Waals surface area contributed by atoms with Crippen LogP contribution in [0.5, 0.6) is 0 Å². The van der Waals surface area contributed by atoms with Gasteiger partial charge in [0.25, 0.3) is 0 Å². The highest BCUT2D eigenvalue weighted by molar-refractivity contribution is 5.85. The Morgan fingerprint density at radius 2 is 2.31 bits per heavy atom. The zero-order chi connectivity index (χ0) is 9.26. The molecule has 0 aliphatic heterocycles. The van der Waals surface area contributed by atoms with Crippen LogP contribution in [-0.4, -0.2) is 21.0 Å². The molecule has 0 spiro atoms. The van der Waals surface area contributed by atoms with Crippen molar-refractivity contribution in [1.82, 2.24) is 9.97 Å². The van der Waals surface area contributed by atoms with Crippen molar-refractivity contribution in [3.05, 3.63) is 24.6 Å². The van der Waals surface area contributed by atoms with Crippen molar-refractivity contribution in [2.24, 2.45) is 0 Å². The van der Waals surface area contributed by atoms with E-state index in [-0.39, 0.29) is 11.6 Å². The van der Waals surface area contributed by atoms with E-state index >= 15 is 0 Å². The fourth-order valence-corrected chi connectivity index (χ4v) is 0.808.